The van der Waals surface area contributed by atoms with Crippen molar-refractivity contribution in [3.8, 4) is 0 Å². The van der Waals surface area contributed by atoms with Crippen LogP contribution in [0.2, 0.25) is 0 Å². The molecule has 0 aromatic heterocycles. The summed E-state index contributed by atoms with van der Waals surface area (Å²) >= 11 is 0. The van der Waals surface area contributed by atoms with Crippen LogP contribution in [0.3, 0.4) is 0 Å². The average Bonchev–Trinajstić information content (AvgIpc) is 2.62. The fraction of sp³-hybridized carbons (Fsp3) is 0.333. The van der Waals surface area contributed by atoms with Gasteiger partial charge in [-0.15, -0.1) is 0 Å². The van der Waals surface area contributed by atoms with E-state index in [1.807, 2.05) is 30.3 Å². The van der Waals surface area contributed by atoms with Crippen molar-refractivity contribution >= 4 is 11.9 Å². The van der Waals surface area contributed by atoms with Crippen molar-refractivity contribution in [3.05, 3.63) is 35.9 Å². The second-order valence-electron chi connectivity index (χ2n) is 3.82. The Hall–Kier alpha value is -1.84. The maximum Gasteiger partial charge on any atom is 0.344 e. The lowest BCUT2D eigenvalue weighted by atomic mass is 10.00. The number of hydrogen-bond acceptors (Lipinski definition) is 3. The molecule has 0 saturated carbocycles. The minimum absolute atomic E-state index is 0.321. The molecule has 1 amide bonds. The van der Waals surface area contributed by atoms with Crippen molar-refractivity contribution in [1.29, 1.82) is 0 Å². The fourth-order valence-corrected chi connectivity index (χ4v) is 1.75. The lowest BCUT2D eigenvalue weighted by Crippen LogP contribution is -2.19. The minimum atomic E-state index is -0.622. The number of rotatable bonds is 4. The van der Waals surface area contributed by atoms with Crippen LogP contribution in [-0.2, 0) is 20.8 Å². The van der Waals surface area contributed by atoms with Gasteiger partial charge in [0.15, 0.2) is 0 Å². The Morgan fingerprint density at radius 2 is 1.94 bits per heavy atom. The third-order valence-electron chi connectivity index (χ3n) is 2.65. The van der Waals surface area contributed by atoms with E-state index >= 15 is 0 Å². The lowest BCUT2D eigenvalue weighted by Gasteiger charge is -2.02. The summed E-state index contributed by atoms with van der Waals surface area (Å²) in [5.41, 5.74) is 3.30. The van der Waals surface area contributed by atoms with Gasteiger partial charge in [-0.25, -0.2) is 4.79 Å². The lowest BCUT2D eigenvalue weighted by molar-refractivity contribution is -0.146. The van der Waals surface area contributed by atoms with Crippen LogP contribution < -0.4 is 5.48 Å². The summed E-state index contributed by atoms with van der Waals surface area (Å²) in [5, 5.41) is 0. The average molecular weight is 219 g/mol. The Bertz CT molecular complexity index is 373. The third kappa shape index (κ3) is 2.39. The summed E-state index contributed by atoms with van der Waals surface area (Å²) in [7, 11) is 0. The van der Waals surface area contributed by atoms with Crippen molar-refractivity contribution in [2.45, 2.75) is 19.3 Å². The number of amides is 1. The van der Waals surface area contributed by atoms with Gasteiger partial charge in [-0.2, -0.15) is 5.48 Å². The topological polar surface area (TPSA) is 55.4 Å². The molecule has 4 nitrogen and oxygen atoms in total. The summed E-state index contributed by atoms with van der Waals surface area (Å²) in [6.45, 7) is 0. The first-order chi connectivity index (χ1) is 7.77. The molecule has 1 heterocycles. The van der Waals surface area contributed by atoms with Crippen LogP contribution in [0, 0.1) is 5.92 Å². The Balaban J connectivity index is 1.80. The number of carbonyl (C=O) groups is 2. The van der Waals surface area contributed by atoms with Gasteiger partial charge in [-0.1, -0.05) is 30.3 Å². The molecule has 84 valence electrons. The number of hydroxylamine groups is 1. The van der Waals surface area contributed by atoms with E-state index in [0.717, 1.165) is 12.8 Å². The van der Waals surface area contributed by atoms with Crippen LogP contribution in [0.5, 0.6) is 0 Å². The molecule has 16 heavy (non-hydrogen) atoms. The molecule has 1 aromatic rings. The van der Waals surface area contributed by atoms with E-state index in [1.165, 1.54) is 5.56 Å². The molecule has 0 spiro atoms. The van der Waals surface area contributed by atoms with Crippen LogP contribution >= 0.6 is 0 Å². The first kappa shape index (κ1) is 10.7. The Morgan fingerprint density at radius 3 is 2.56 bits per heavy atom. The minimum Gasteiger partial charge on any atom is -0.340 e. The molecular formula is C12H13NO3. The van der Waals surface area contributed by atoms with E-state index in [2.05, 4.69) is 10.3 Å². The van der Waals surface area contributed by atoms with E-state index in [4.69, 9.17) is 0 Å². The molecular weight excluding hydrogens is 206 g/mol. The van der Waals surface area contributed by atoms with Gasteiger partial charge in [0, 0.05) is 0 Å². The molecule has 1 saturated heterocycles. The number of benzene rings is 1. The molecule has 1 fully saturated rings. The number of carbonyl (C=O) groups excluding carboxylic acids is 2. The van der Waals surface area contributed by atoms with Crippen molar-refractivity contribution in [2.75, 3.05) is 0 Å². The summed E-state index contributed by atoms with van der Waals surface area (Å²) in [6.07, 6.45) is 2.22. The first-order valence-electron chi connectivity index (χ1n) is 5.32. The van der Waals surface area contributed by atoms with Gasteiger partial charge in [0.05, 0.1) is 0 Å². The van der Waals surface area contributed by atoms with Crippen LogP contribution in [0.1, 0.15) is 18.4 Å². The summed E-state index contributed by atoms with van der Waals surface area (Å²) in [5.74, 6) is -1.40. The molecule has 1 atom stereocenters. The van der Waals surface area contributed by atoms with Crippen LogP contribution in [0.4, 0.5) is 0 Å². The quantitative estimate of drug-likeness (QED) is 0.774. The predicted molar refractivity (Wildman–Crippen MR) is 57.1 cm³/mol. The van der Waals surface area contributed by atoms with Crippen molar-refractivity contribution in [1.82, 2.24) is 5.48 Å². The molecule has 0 aliphatic carbocycles. The highest BCUT2D eigenvalue weighted by Crippen LogP contribution is 2.15. The second-order valence-corrected chi connectivity index (χ2v) is 3.82. The molecule has 4 heteroatoms. The maximum absolute atomic E-state index is 11.2. The van der Waals surface area contributed by atoms with Gasteiger partial charge in [-0.3, -0.25) is 4.79 Å². The maximum atomic E-state index is 11.2. The number of hydrogen-bond donors (Lipinski definition) is 1. The Kier molecular flexibility index (Phi) is 3.19. The second kappa shape index (κ2) is 4.79. The molecule has 1 unspecified atom stereocenters. The zero-order valence-corrected chi connectivity index (χ0v) is 8.81. The highest BCUT2D eigenvalue weighted by Gasteiger charge is 2.34. The summed E-state index contributed by atoms with van der Waals surface area (Å²) in [4.78, 5) is 26.7. The van der Waals surface area contributed by atoms with Gasteiger partial charge in [0.1, 0.15) is 5.92 Å². The van der Waals surface area contributed by atoms with E-state index in [9.17, 15) is 9.59 Å². The van der Waals surface area contributed by atoms with Gasteiger partial charge >= 0.3 is 5.97 Å². The molecule has 1 aliphatic rings. The van der Waals surface area contributed by atoms with E-state index in [0.29, 0.717) is 6.42 Å². The summed E-state index contributed by atoms with van der Waals surface area (Å²) < 4.78 is 0. The molecule has 0 radical (unpaired) electrons. The van der Waals surface area contributed by atoms with Gasteiger partial charge in [-0.05, 0) is 24.8 Å². The molecule has 0 bridgehead atoms. The highest BCUT2D eigenvalue weighted by atomic mass is 16.7. The normalized spacial score (nSPS) is 19.4. The van der Waals surface area contributed by atoms with Crippen molar-refractivity contribution in [2.24, 2.45) is 5.92 Å². The van der Waals surface area contributed by atoms with Crippen LogP contribution in [-0.4, -0.2) is 11.9 Å². The number of nitrogens with one attached hydrogen (secondary N) is 1. The van der Waals surface area contributed by atoms with Crippen LogP contribution in [0.15, 0.2) is 30.3 Å². The largest absolute Gasteiger partial charge is 0.344 e. The van der Waals surface area contributed by atoms with Crippen molar-refractivity contribution < 1.29 is 14.4 Å². The Labute approximate surface area is 93.6 Å². The van der Waals surface area contributed by atoms with Gasteiger partial charge in [0.2, 0.25) is 0 Å². The zero-order chi connectivity index (χ0) is 11.4. The SMILES string of the molecule is O=C1NOC(=O)C1CCCc1ccccc1. The third-order valence-corrected chi connectivity index (χ3v) is 2.65. The van der Waals surface area contributed by atoms with Crippen LogP contribution in [0.25, 0.3) is 0 Å². The fourth-order valence-electron chi connectivity index (χ4n) is 1.75. The van der Waals surface area contributed by atoms with E-state index in [-0.39, 0.29) is 5.91 Å². The molecule has 2 rings (SSSR count). The standard InChI is InChI=1S/C12H13NO3/c14-11-10(12(15)16-13-11)8-4-7-9-5-2-1-3-6-9/h1-3,5-6,10H,4,7-8H2,(H,13,14). The number of aryl methyl sites for hydroxylation is 1. The molecule has 1 aliphatic heterocycles. The van der Waals surface area contributed by atoms with E-state index < -0.39 is 11.9 Å². The predicted octanol–water partition coefficient (Wildman–Crippen LogP) is 1.21. The summed E-state index contributed by atoms with van der Waals surface area (Å²) in [6, 6.07) is 9.99. The van der Waals surface area contributed by atoms with Gasteiger partial charge in [0.25, 0.3) is 5.91 Å². The van der Waals surface area contributed by atoms with E-state index in [1.54, 1.807) is 0 Å². The van der Waals surface area contributed by atoms with Crippen molar-refractivity contribution in [3.63, 3.8) is 0 Å². The smallest absolute Gasteiger partial charge is 0.340 e. The highest BCUT2D eigenvalue weighted by molar-refractivity contribution is 6.01. The zero-order valence-electron chi connectivity index (χ0n) is 8.81. The first-order valence-corrected chi connectivity index (χ1v) is 5.32. The molecule has 1 N–H and O–H groups in total. The van der Waals surface area contributed by atoms with Gasteiger partial charge < -0.3 is 4.84 Å². The Morgan fingerprint density at radius 1 is 1.19 bits per heavy atom. The molecule has 1 aromatic carbocycles. The monoisotopic (exact) mass is 219 g/mol.